The summed E-state index contributed by atoms with van der Waals surface area (Å²) in [7, 11) is 1.98. The Morgan fingerprint density at radius 3 is 2.45 bits per heavy atom. The van der Waals surface area contributed by atoms with Crippen LogP contribution >= 0.6 is 0 Å². The van der Waals surface area contributed by atoms with Gasteiger partial charge in [-0.05, 0) is 62.6 Å². The molecule has 1 atom stereocenters. The van der Waals surface area contributed by atoms with E-state index in [0.29, 0.717) is 5.69 Å². The molecule has 158 valence electrons. The van der Waals surface area contributed by atoms with Gasteiger partial charge in [0, 0.05) is 19.3 Å². The second kappa shape index (κ2) is 9.04. The van der Waals surface area contributed by atoms with Crippen molar-refractivity contribution in [2.45, 2.75) is 32.7 Å². The van der Waals surface area contributed by atoms with E-state index >= 15 is 0 Å². The zero-order valence-corrected chi connectivity index (χ0v) is 18.2. The van der Waals surface area contributed by atoms with Crippen molar-refractivity contribution < 1.29 is 4.79 Å². The first-order chi connectivity index (χ1) is 15.0. The molecule has 1 amide bonds. The number of carbonyl (C=O) groups is 1. The van der Waals surface area contributed by atoms with Gasteiger partial charge in [-0.3, -0.25) is 4.79 Å². The largest absolute Gasteiger partial charge is 0.349 e. The topological polar surface area (TPSA) is 51.9 Å². The molecule has 0 aliphatic heterocycles. The molecule has 2 aromatic heterocycles. The van der Waals surface area contributed by atoms with Crippen molar-refractivity contribution in [3.8, 4) is 17.1 Å². The van der Waals surface area contributed by atoms with E-state index in [1.54, 1.807) is 4.68 Å². The van der Waals surface area contributed by atoms with Crippen LogP contribution in [0.1, 0.15) is 35.0 Å². The molecule has 5 nitrogen and oxygen atoms in total. The maximum absolute atomic E-state index is 13.2. The van der Waals surface area contributed by atoms with Crippen molar-refractivity contribution in [2.75, 3.05) is 0 Å². The van der Waals surface area contributed by atoms with Crippen molar-refractivity contribution in [1.82, 2.24) is 19.7 Å². The maximum atomic E-state index is 13.2. The number of carbonyl (C=O) groups excluding carboxylic acids is 1. The van der Waals surface area contributed by atoms with Crippen molar-refractivity contribution in [3.63, 3.8) is 0 Å². The molecule has 2 aromatic carbocycles. The number of rotatable bonds is 7. The fourth-order valence-corrected chi connectivity index (χ4v) is 3.68. The smallest absolute Gasteiger partial charge is 0.270 e. The molecule has 0 radical (unpaired) electrons. The molecule has 31 heavy (non-hydrogen) atoms. The van der Waals surface area contributed by atoms with Gasteiger partial charge in [0.05, 0.1) is 11.4 Å². The number of nitrogens with one attached hydrogen (secondary N) is 1. The van der Waals surface area contributed by atoms with Crippen molar-refractivity contribution in [3.05, 3.63) is 95.8 Å². The van der Waals surface area contributed by atoms with E-state index < -0.39 is 0 Å². The third kappa shape index (κ3) is 4.77. The van der Waals surface area contributed by atoms with Crippen LogP contribution in [0.25, 0.3) is 17.1 Å². The Kier molecular flexibility index (Phi) is 6.03. The van der Waals surface area contributed by atoms with Gasteiger partial charge < -0.3 is 9.88 Å². The van der Waals surface area contributed by atoms with Gasteiger partial charge in [-0.25, -0.2) is 4.68 Å². The summed E-state index contributed by atoms with van der Waals surface area (Å²) in [6.07, 6.45) is 3.78. The quantitative estimate of drug-likeness (QED) is 0.468. The molecule has 4 rings (SSSR count). The van der Waals surface area contributed by atoms with Crippen LogP contribution < -0.4 is 5.32 Å². The molecule has 0 saturated heterocycles. The molecule has 1 N–H and O–H groups in total. The lowest BCUT2D eigenvalue weighted by Crippen LogP contribution is -2.34. The molecule has 1 unspecified atom stereocenters. The molecule has 0 aliphatic carbocycles. The fraction of sp³-hybridized carbons (Fsp3) is 0.231. The van der Waals surface area contributed by atoms with Crippen molar-refractivity contribution >= 4 is 5.91 Å². The summed E-state index contributed by atoms with van der Waals surface area (Å²) in [4.78, 5) is 13.2. The summed E-state index contributed by atoms with van der Waals surface area (Å²) in [6, 6.07) is 24.3. The monoisotopic (exact) mass is 412 g/mol. The second-order valence-corrected chi connectivity index (χ2v) is 8.07. The minimum Gasteiger partial charge on any atom is -0.349 e. The van der Waals surface area contributed by atoms with E-state index in [9.17, 15) is 4.79 Å². The summed E-state index contributed by atoms with van der Waals surface area (Å²) in [5.74, 6) is -0.117. The molecule has 0 fully saturated rings. The van der Waals surface area contributed by atoms with E-state index in [-0.39, 0.29) is 11.9 Å². The zero-order chi connectivity index (χ0) is 21.8. The first kappa shape index (κ1) is 20.7. The number of amides is 1. The normalized spacial score (nSPS) is 12.0. The second-order valence-electron chi connectivity index (χ2n) is 8.07. The highest BCUT2D eigenvalue weighted by atomic mass is 16.2. The number of benzene rings is 2. The lowest BCUT2D eigenvalue weighted by molar-refractivity contribution is 0.0930. The van der Waals surface area contributed by atoms with E-state index in [2.05, 4.69) is 17.4 Å². The Morgan fingerprint density at radius 2 is 1.77 bits per heavy atom. The number of hydrogen-bond acceptors (Lipinski definition) is 2. The number of aromatic nitrogens is 3. The van der Waals surface area contributed by atoms with Crippen LogP contribution in [0.4, 0.5) is 0 Å². The summed E-state index contributed by atoms with van der Waals surface area (Å²) in [5, 5.41) is 7.92. The van der Waals surface area contributed by atoms with Crippen LogP contribution in [0.5, 0.6) is 0 Å². The summed E-state index contributed by atoms with van der Waals surface area (Å²) < 4.78 is 3.74. The van der Waals surface area contributed by atoms with Crippen LogP contribution in [0.15, 0.2) is 79.0 Å². The van der Waals surface area contributed by atoms with Crippen LogP contribution in [-0.4, -0.2) is 26.3 Å². The molecule has 2 heterocycles. The zero-order valence-electron chi connectivity index (χ0n) is 18.2. The van der Waals surface area contributed by atoms with Gasteiger partial charge >= 0.3 is 0 Å². The van der Waals surface area contributed by atoms with Gasteiger partial charge in [-0.15, -0.1) is 0 Å². The molecule has 0 spiro atoms. The Labute approximate surface area is 183 Å². The van der Waals surface area contributed by atoms with Gasteiger partial charge in [-0.1, -0.05) is 48.0 Å². The third-order valence-corrected chi connectivity index (χ3v) is 5.51. The fourth-order valence-electron chi connectivity index (χ4n) is 3.68. The minimum atomic E-state index is -0.117. The van der Waals surface area contributed by atoms with E-state index in [1.165, 1.54) is 11.1 Å². The first-order valence-corrected chi connectivity index (χ1v) is 10.6. The average molecular weight is 413 g/mol. The molecular weight excluding hydrogens is 384 g/mol. The molecular formula is C26H28N4O. The molecule has 4 aromatic rings. The van der Waals surface area contributed by atoms with Crippen LogP contribution in [-0.2, 0) is 13.5 Å². The minimum absolute atomic E-state index is 0.0487. The van der Waals surface area contributed by atoms with Crippen LogP contribution in [0.3, 0.4) is 0 Å². The van der Waals surface area contributed by atoms with Crippen molar-refractivity contribution in [2.24, 2.45) is 7.05 Å². The lowest BCUT2D eigenvalue weighted by atomic mass is 10.1. The summed E-state index contributed by atoms with van der Waals surface area (Å²) in [5.41, 5.74) is 5.59. The van der Waals surface area contributed by atoms with Crippen molar-refractivity contribution in [1.29, 1.82) is 0 Å². The standard InChI is InChI=1S/C26H28N4O/c1-19-11-15-22(16-12-19)30-25(18-23(28-30)24-10-7-17-29(24)3)26(31)27-20(2)13-14-21-8-5-4-6-9-21/h4-12,15-18,20H,13-14H2,1-3H3,(H,27,31). The highest BCUT2D eigenvalue weighted by Crippen LogP contribution is 2.22. The number of aryl methyl sites for hydroxylation is 3. The van der Waals surface area contributed by atoms with E-state index in [4.69, 9.17) is 5.10 Å². The average Bonchev–Trinajstić information content (AvgIpc) is 3.40. The predicted octanol–water partition coefficient (Wildman–Crippen LogP) is 4.94. The predicted molar refractivity (Wildman–Crippen MR) is 124 cm³/mol. The highest BCUT2D eigenvalue weighted by molar-refractivity contribution is 5.94. The SMILES string of the molecule is Cc1ccc(-n2nc(-c3cccn3C)cc2C(=O)NC(C)CCc2ccccc2)cc1. The Morgan fingerprint density at radius 1 is 1.03 bits per heavy atom. The van der Waals surface area contributed by atoms with Gasteiger partial charge in [-0.2, -0.15) is 5.10 Å². The lowest BCUT2D eigenvalue weighted by Gasteiger charge is -2.15. The molecule has 0 bridgehead atoms. The third-order valence-electron chi connectivity index (χ3n) is 5.51. The Balaban J connectivity index is 1.58. The van der Waals surface area contributed by atoms with Crippen LogP contribution in [0, 0.1) is 6.92 Å². The van der Waals surface area contributed by atoms with Gasteiger partial charge in [0.25, 0.3) is 5.91 Å². The summed E-state index contributed by atoms with van der Waals surface area (Å²) in [6.45, 7) is 4.09. The van der Waals surface area contributed by atoms with Gasteiger partial charge in [0.15, 0.2) is 0 Å². The highest BCUT2D eigenvalue weighted by Gasteiger charge is 2.20. The Bertz CT molecular complexity index is 1160. The Hall–Kier alpha value is -3.60. The van der Waals surface area contributed by atoms with Gasteiger partial charge in [0.1, 0.15) is 11.4 Å². The maximum Gasteiger partial charge on any atom is 0.270 e. The molecule has 0 aliphatic rings. The molecule has 5 heteroatoms. The van der Waals surface area contributed by atoms with E-state index in [1.807, 2.05) is 92.3 Å². The number of nitrogens with zero attached hydrogens (tertiary/aromatic N) is 3. The van der Waals surface area contributed by atoms with E-state index in [0.717, 1.165) is 29.9 Å². The summed E-state index contributed by atoms with van der Waals surface area (Å²) >= 11 is 0. The van der Waals surface area contributed by atoms with Crippen LogP contribution in [0.2, 0.25) is 0 Å². The van der Waals surface area contributed by atoms with Gasteiger partial charge in [0.2, 0.25) is 0 Å². The first-order valence-electron chi connectivity index (χ1n) is 10.6. The number of hydrogen-bond donors (Lipinski definition) is 1. The molecule has 0 saturated carbocycles.